The minimum absolute atomic E-state index is 0.130. The number of carbonyl (C=O) groups is 2. The highest BCUT2D eigenvalue weighted by molar-refractivity contribution is 7.12. The molecule has 2 atom stereocenters. The van der Waals surface area contributed by atoms with Crippen molar-refractivity contribution in [2.24, 2.45) is 5.92 Å². The van der Waals surface area contributed by atoms with E-state index in [0.29, 0.717) is 29.1 Å². The van der Waals surface area contributed by atoms with Gasteiger partial charge in [-0.2, -0.15) is 0 Å². The van der Waals surface area contributed by atoms with Gasteiger partial charge in [0.05, 0.1) is 16.5 Å². The van der Waals surface area contributed by atoms with Crippen LogP contribution in [0, 0.1) is 5.92 Å². The van der Waals surface area contributed by atoms with E-state index in [1.165, 1.54) is 11.3 Å². The van der Waals surface area contributed by atoms with Crippen LogP contribution in [0.1, 0.15) is 38.9 Å². The van der Waals surface area contributed by atoms with E-state index in [1.54, 1.807) is 35.2 Å². The fourth-order valence-electron chi connectivity index (χ4n) is 2.81. The summed E-state index contributed by atoms with van der Waals surface area (Å²) in [5.74, 6) is -0.117. The molecule has 120 valence electrons. The molecule has 2 unspecified atom stereocenters. The second kappa shape index (κ2) is 6.64. The van der Waals surface area contributed by atoms with E-state index in [0.717, 1.165) is 6.42 Å². The lowest BCUT2D eigenvalue weighted by atomic mass is 9.94. The highest BCUT2D eigenvalue weighted by Gasteiger charge is 2.29. The average molecular weight is 329 g/mol. The lowest BCUT2D eigenvalue weighted by Gasteiger charge is -2.34. The minimum Gasteiger partial charge on any atom is -0.391 e. The van der Waals surface area contributed by atoms with E-state index >= 15 is 0 Å². The van der Waals surface area contributed by atoms with Crippen molar-refractivity contribution < 1.29 is 14.7 Å². The van der Waals surface area contributed by atoms with Crippen LogP contribution < -0.4 is 0 Å². The molecule has 1 fully saturated rings. The van der Waals surface area contributed by atoms with Crippen molar-refractivity contribution in [3.63, 3.8) is 0 Å². The molecular weight excluding hydrogens is 310 g/mol. The minimum atomic E-state index is -0.507. The van der Waals surface area contributed by atoms with E-state index in [-0.39, 0.29) is 17.6 Å². The number of hydrogen-bond acceptors (Lipinski definition) is 4. The quantitative estimate of drug-likeness (QED) is 0.881. The van der Waals surface area contributed by atoms with E-state index in [4.69, 9.17) is 0 Å². The van der Waals surface area contributed by atoms with Crippen molar-refractivity contribution in [1.29, 1.82) is 0 Å². The molecule has 0 bridgehead atoms. The van der Waals surface area contributed by atoms with Crippen LogP contribution >= 0.6 is 11.3 Å². The van der Waals surface area contributed by atoms with Gasteiger partial charge in [-0.1, -0.05) is 31.2 Å². The maximum Gasteiger partial charge on any atom is 0.254 e. The Morgan fingerprint density at radius 1 is 1.17 bits per heavy atom. The summed E-state index contributed by atoms with van der Waals surface area (Å²) in [4.78, 5) is 27.7. The van der Waals surface area contributed by atoms with Gasteiger partial charge >= 0.3 is 0 Å². The number of ketones is 1. The first-order valence-corrected chi connectivity index (χ1v) is 8.60. The first-order valence-electron chi connectivity index (χ1n) is 7.72. The molecule has 0 aliphatic carbocycles. The standard InChI is InChI=1S/C18H19NO3S/c1-12-8-9-19(11-15(12)20)18(22)14-6-3-2-5-13(14)17(21)16-7-4-10-23-16/h2-7,10,12,15,20H,8-9,11H2,1H3. The number of amides is 1. The van der Waals surface area contributed by atoms with E-state index in [9.17, 15) is 14.7 Å². The van der Waals surface area contributed by atoms with Gasteiger partial charge in [0.1, 0.15) is 0 Å². The number of nitrogens with zero attached hydrogens (tertiary/aromatic N) is 1. The first kappa shape index (κ1) is 15.9. The van der Waals surface area contributed by atoms with Gasteiger partial charge in [-0.05, 0) is 29.9 Å². The highest BCUT2D eigenvalue weighted by atomic mass is 32.1. The molecule has 1 saturated heterocycles. The normalized spacial score (nSPS) is 21.2. The number of thiophene rings is 1. The molecule has 1 amide bonds. The number of hydrogen-bond donors (Lipinski definition) is 1. The lowest BCUT2D eigenvalue weighted by molar-refractivity contribution is 0.0248. The number of piperidine rings is 1. The molecule has 2 aromatic rings. The van der Waals surface area contributed by atoms with Gasteiger partial charge in [-0.3, -0.25) is 9.59 Å². The summed E-state index contributed by atoms with van der Waals surface area (Å²) in [5, 5.41) is 11.9. The highest BCUT2D eigenvalue weighted by Crippen LogP contribution is 2.23. The number of benzene rings is 1. The molecule has 1 aromatic carbocycles. The van der Waals surface area contributed by atoms with Crippen molar-refractivity contribution in [2.45, 2.75) is 19.4 Å². The smallest absolute Gasteiger partial charge is 0.254 e. The molecule has 1 N–H and O–H groups in total. The van der Waals surface area contributed by atoms with E-state index in [1.807, 2.05) is 18.4 Å². The molecule has 1 aliphatic heterocycles. The molecule has 23 heavy (non-hydrogen) atoms. The zero-order valence-electron chi connectivity index (χ0n) is 12.9. The number of rotatable bonds is 3. The van der Waals surface area contributed by atoms with Gasteiger partial charge < -0.3 is 10.0 Å². The Labute approximate surface area is 139 Å². The van der Waals surface area contributed by atoms with Crippen LogP contribution in [0.15, 0.2) is 41.8 Å². The maximum absolute atomic E-state index is 12.8. The Balaban J connectivity index is 1.88. The Kier molecular flexibility index (Phi) is 4.59. The van der Waals surface area contributed by atoms with Crippen LogP contribution in [0.5, 0.6) is 0 Å². The Morgan fingerprint density at radius 3 is 2.57 bits per heavy atom. The topological polar surface area (TPSA) is 57.6 Å². The van der Waals surface area contributed by atoms with Crippen molar-refractivity contribution >= 4 is 23.0 Å². The Hall–Kier alpha value is -1.98. The van der Waals surface area contributed by atoms with Crippen LogP contribution in [0.3, 0.4) is 0 Å². The number of β-amino-alcohol motifs (C(OH)–C–C–N with tert-alkyl or cyclic N) is 1. The van der Waals surface area contributed by atoms with E-state index in [2.05, 4.69) is 0 Å². The molecule has 3 rings (SSSR count). The van der Waals surface area contributed by atoms with Gasteiger partial charge in [-0.15, -0.1) is 11.3 Å². The summed E-state index contributed by atoms with van der Waals surface area (Å²) < 4.78 is 0. The third-order valence-electron chi connectivity index (χ3n) is 4.35. The van der Waals surface area contributed by atoms with Gasteiger partial charge in [0, 0.05) is 18.7 Å². The van der Waals surface area contributed by atoms with Crippen LogP contribution in [0.2, 0.25) is 0 Å². The third kappa shape index (κ3) is 3.21. The molecule has 5 heteroatoms. The van der Waals surface area contributed by atoms with Crippen LogP contribution in [0.25, 0.3) is 0 Å². The summed E-state index contributed by atoms with van der Waals surface area (Å²) in [6.07, 6.45) is 0.265. The summed E-state index contributed by atoms with van der Waals surface area (Å²) in [5.41, 5.74) is 0.834. The summed E-state index contributed by atoms with van der Waals surface area (Å²) in [6.45, 7) is 2.92. The molecule has 1 aromatic heterocycles. The predicted molar refractivity (Wildman–Crippen MR) is 89.9 cm³/mol. The van der Waals surface area contributed by atoms with Crippen LogP contribution in [0.4, 0.5) is 0 Å². The molecule has 2 heterocycles. The number of aliphatic hydroxyl groups excluding tert-OH is 1. The summed E-state index contributed by atoms with van der Waals surface area (Å²) >= 11 is 1.37. The molecule has 0 radical (unpaired) electrons. The largest absolute Gasteiger partial charge is 0.391 e. The van der Waals surface area contributed by atoms with Gasteiger partial charge in [0.15, 0.2) is 0 Å². The number of carbonyl (C=O) groups excluding carboxylic acids is 2. The number of likely N-dealkylation sites (tertiary alicyclic amines) is 1. The van der Waals surface area contributed by atoms with Crippen LogP contribution in [-0.4, -0.2) is 40.9 Å². The molecule has 4 nitrogen and oxygen atoms in total. The maximum atomic E-state index is 12.8. The fraction of sp³-hybridized carbons (Fsp3) is 0.333. The SMILES string of the molecule is CC1CCN(C(=O)c2ccccc2C(=O)c2cccs2)CC1O. The van der Waals surface area contributed by atoms with Crippen molar-refractivity contribution in [3.8, 4) is 0 Å². The Morgan fingerprint density at radius 2 is 1.91 bits per heavy atom. The second-order valence-corrected chi connectivity index (χ2v) is 6.88. The molecule has 0 saturated carbocycles. The second-order valence-electron chi connectivity index (χ2n) is 5.94. The number of aliphatic hydroxyl groups is 1. The predicted octanol–water partition coefficient (Wildman–Crippen LogP) is 2.82. The third-order valence-corrected chi connectivity index (χ3v) is 5.22. The average Bonchev–Trinajstić information content (AvgIpc) is 3.10. The fourth-order valence-corrected chi connectivity index (χ4v) is 3.49. The van der Waals surface area contributed by atoms with Gasteiger partial charge in [0.2, 0.25) is 5.78 Å². The van der Waals surface area contributed by atoms with Gasteiger partial charge in [0.25, 0.3) is 5.91 Å². The van der Waals surface area contributed by atoms with Gasteiger partial charge in [-0.25, -0.2) is 0 Å². The summed E-state index contributed by atoms with van der Waals surface area (Å²) in [6, 6.07) is 10.5. The molecule has 0 spiro atoms. The monoisotopic (exact) mass is 329 g/mol. The van der Waals surface area contributed by atoms with Crippen molar-refractivity contribution in [3.05, 3.63) is 57.8 Å². The first-order chi connectivity index (χ1) is 11.1. The zero-order valence-corrected chi connectivity index (χ0v) is 13.8. The van der Waals surface area contributed by atoms with Crippen LogP contribution in [-0.2, 0) is 0 Å². The Bertz CT molecular complexity index is 711. The zero-order chi connectivity index (χ0) is 16.4. The summed E-state index contributed by atoms with van der Waals surface area (Å²) in [7, 11) is 0. The van der Waals surface area contributed by atoms with E-state index < -0.39 is 6.10 Å². The van der Waals surface area contributed by atoms with Crippen molar-refractivity contribution in [1.82, 2.24) is 4.90 Å². The van der Waals surface area contributed by atoms with Crippen molar-refractivity contribution in [2.75, 3.05) is 13.1 Å². The molecular formula is C18H19NO3S. The molecule has 1 aliphatic rings. The lowest BCUT2D eigenvalue weighted by Crippen LogP contribution is -2.46.